The lowest BCUT2D eigenvalue weighted by atomic mass is 9.47. The smallest absolute Gasteiger partial charge is 0.317 e. The van der Waals surface area contributed by atoms with Gasteiger partial charge in [0.05, 0.1) is 0 Å². The highest BCUT2D eigenvalue weighted by Crippen LogP contribution is 2.68. The molecule has 7 atom stereocenters. The highest BCUT2D eigenvalue weighted by molar-refractivity contribution is 6.01. The highest BCUT2D eigenvalue weighted by atomic mass is 16.2. The number of hydrogen-bond acceptors (Lipinski definition) is 2. The predicted octanol–water partition coefficient (Wildman–Crippen LogP) is 3.93. The Kier molecular flexibility index (Phi) is 3.71. The standard InChI is InChI=1S/C23H32N2O2/c1-14-18-6-7-20-17-5-4-15-12-16(26)8-10-22(15,2)19(17)9-11-23(18,20)13-25(14)21(27)24-3/h8,10,12,14,17-20H,4-7,9,11,13H2,1-3H3,(H,24,27)/t14-,17+,18+,19-,20-,22+,23-/m0/s1. The molecule has 2 amide bonds. The summed E-state index contributed by atoms with van der Waals surface area (Å²) >= 11 is 0. The molecular formula is C23H32N2O2. The van der Waals surface area contributed by atoms with Crippen molar-refractivity contribution in [2.45, 2.75) is 58.4 Å². The average Bonchev–Trinajstić information content (AvgIpc) is 3.16. The van der Waals surface area contributed by atoms with Crippen molar-refractivity contribution < 1.29 is 9.59 Å². The molecule has 4 heteroatoms. The van der Waals surface area contributed by atoms with E-state index in [0.717, 1.165) is 24.8 Å². The van der Waals surface area contributed by atoms with Crippen molar-refractivity contribution >= 4 is 11.8 Å². The minimum absolute atomic E-state index is 0.0707. The Balaban J connectivity index is 1.47. The third kappa shape index (κ3) is 2.16. The van der Waals surface area contributed by atoms with Gasteiger partial charge in [0.25, 0.3) is 0 Å². The van der Waals surface area contributed by atoms with E-state index >= 15 is 0 Å². The van der Waals surface area contributed by atoms with Crippen LogP contribution in [0.2, 0.25) is 0 Å². The first-order chi connectivity index (χ1) is 12.9. The fourth-order valence-corrected chi connectivity index (χ4v) is 8.16. The Morgan fingerprint density at radius 1 is 1.19 bits per heavy atom. The molecule has 1 N–H and O–H groups in total. The molecule has 0 unspecified atom stereocenters. The van der Waals surface area contributed by atoms with Gasteiger partial charge in [0.1, 0.15) is 0 Å². The molecule has 1 heterocycles. The maximum atomic E-state index is 12.4. The van der Waals surface area contributed by atoms with Crippen LogP contribution in [0.1, 0.15) is 52.4 Å². The molecule has 1 spiro atoms. The number of carbonyl (C=O) groups is 2. The fraction of sp³-hybridized carbons (Fsp3) is 0.739. The SMILES string of the molecule is CNC(=O)N1C[C@]23CC[C@H]4[C@@H](CCC5=CC(=O)C=C[C@]54C)[C@@H]2CC[C@@H]3[C@@H]1C. The monoisotopic (exact) mass is 368 g/mol. The topological polar surface area (TPSA) is 49.4 Å². The number of allylic oxidation sites excluding steroid dienone is 4. The summed E-state index contributed by atoms with van der Waals surface area (Å²) in [5.41, 5.74) is 1.77. The minimum Gasteiger partial charge on any atom is -0.341 e. The Bertz CT molecular complexity index is 755. The lowest BCUT2D eigenvalue weighted by molar-refractivity contribution is -0.111. The Morgan fingerprint density at radius 3 is 2.74 bits per heavy atom. The molecule has 3 saturated carbocycles. The van der Waals surface area contributed by atoms with Gasteiger partial charge in [-0.25, -0.2) is 4.79 Å². The van der Waals surface area contributed by atoms with Crippen LogP contribution in [0.5, 0.6) is 0 Å². The van der Waals surface area contributed by atoms with Crippen molar-refractivity contribution in [1.29, 1.82) is 0 Å². The van der Waals surface area contributed by atoms with E-state index in [2.05, 4.69) is 30.1 Å². The van der Waals surface area contributed by atoms with E-state index < -0.39 is 0 Å². The normalized spacial score (nSPS) is 47.7. The van der Waals surface area contributed by atoms with E-state index in [1.54, 1.807) is 13.1 Å². The molecule has 1 aliphatic heterocycles. The number of hydrogen-bond donors (Lipinski definition) is 1. The van der Waals surface area contributed by atoms with Gasteiger partial charge in [-0.15, -0.1) is 0 Å². The van der Waals surface area contributed by atoms with E-state index in [9.17, 15) is 9.59 Å². The third-order valence-corrected chi connectivity index (χ3v) is 9.35. The molecule has 0 aromatic carbocycles. The predicted molar refractivity (Wildman–Crippen MR) is 105 cm³/mol. The van der Waals surface area contributed by atoms with E-state index in [-0.39, 0.29) is 17.2 Å². The lowest BCUT2D eigenvalue weighted by Crippen LogP contribution is -2.51. The minimum atomic E-state index is 0.0707. The molecule has 1 saturated heterocycles. The molecule has 5 rings (SSSR count). The van der Waals surface area contributed by atoms with Gasteiger partial charge >= 0.3 is 6.03 Å². The van der Waals surface area contributed by atoms with Gasteiger partial charge in [-0.05, 0) is 86.7 Å². The van der Waals surface area contributed by atoms with Crippen molar-refractivity contribution in [1.82, 2.24) is 10.2 Å². The van der Waals surface area contributed by atoms with Crippen molar-refractivity contribution in [2.24, 2.45) is 34.5 Å². The summed E-state index contributed by atoms with van der Waals surface area (Å²) in [4.78, 5) is 26.5. The molecule has 4 aliphatic carbocycles. The number of nitrogens with zero attached hydrogens (tertiary/aromatic N) is 1. The highest BCUT2D eigenvalue weighted by Gasteiger charge is 2.65. The first kappa shape index (κ1) is 17.5. The van der Waals surface area contributed by atoms with Crippen molar-refractivity contribution in [3.63, 3.8) is 0 Å². The molecule has 27 heavy (non-hydrogen) atoms. The van der Waals surface area contributed by atoms with Gasteiger partial charge in [-0.3, -0.25) is 4.79 Å². The van der Waals surface area contributed by atoms with Crippen LogP contribution < -0.4 is 5.32 Å². The van der Waals surface area contributed by atoms with Crippen molar-refractivity contribution in [2.75, 3.05) is 13.6 Å². The van der Waals surface area contributed by atoms with Gasteiger partial charge in [0, 0.05) is 25.0 Å². The molecule has 0 bridgehead atoms. The summed E-state index contributed by atoms with van der Waals surface area (Å²) in [5.74, 6) is 2.96. The quantitative estimate of drug-likeness (QED) is 0.704. The summed E-state index contributed by atoms with van der Waals surface area (Å²) in [5, 5.41) is 2.86. The van der Waals surface area contributed by atoms with E-state index in [4.69, 9.17) is 0 Å². The summed E-state index contributed by atoms with van der Waals surface area (Å²) < 4.78 is 0. The number of carbonyl (C=O) groups excluding carboxylic acids is 2. The van der Waals surface area contributed by atoms with Gasteiger partial charge < -0.3 is 10.2 Å². The Morgan fingerprint density at radius 2 is 1.96 bits per heavy atom. The molecule has 4 nitrogen and oxygen atoms in total. The van der Waals surface area contributed by atoms with Crippen molar-refractivity contribution in [3.05, 3.63) is 23.8 Å². The summed E-state index contributed by atoms with van der Waals surface area (Å²) in [6.07, 6.45) is 13.3. The number of amides is 2. The third-order valence-electron chi connectivity index (χ3n) is 9.35. The van der Waals surface area contributed by atoms with E-state index in [1.807, 2.05) is 6.08 Å². The van der Waals surface area contributed by atoms with Crippen LogP contribution in [-0.4, -0.2) is 36.3 Å². The summed E-state index contributed by atoms with van der Waals surface area (Å²) in [6, 6.07) is 0.454. The van der Waals surface area contributed by atoms with Gasteiger partial charge in [0.2, 0.25) is 0 Å². The molecule has 0 radical (unpaired) electrons. The zero-order chi connectivity index (χ0) is 19.0. The average molecular weight is 369 g/mol. The largest absolute Gasteiger partial charge is 0.341 e. The van der Waals surface area contributed by atoms with E-state index in [1.165, 1.54) is 37.7 Å². The van der Waals surface area contributed by atoms with Crippen LogP contribution in [0.25, 0.3) is 0 Å². The number of rotatable bonds is 0. The zero-order valence-corrected chi connectivity index (χ0v) is 16.8. The van der Waals surface area contributed by atoms with Gasteiger partial charge in [0.15, 0.2) is 5.78 Å². The first-order valence-corrected chi connectivity index (χ1v) is 10.8. The molecule has 4 fully saturated rings. The second kappa shape index (κ2) is 5.71. The molecule has 5 aliphatic rings. The zero-order valence-electron chi connectivity index (χ0n) is 16.8. The summed E-state index contributed by atoms with van der Waals surface area (Å²) in [7, 11) is 1.75. The van der Waals surface area contributed by atoms with Crippen LogP contribution in [0.4, 0.5) is 4.79 Å². The fourth-order valence-electron chi connectivity index (χ4n) is 8.16. The Hall–Kier alpha value is -1.58. The van der Waals surface area contributed by atoms with E-state index in [0.29, 0.717) is 23.3 Å². The number of urea groups is 1. The molecule has 146 valence electrons. The van der Waals surface area contributed by atoms with Crippen LogP contribution >= 0.6 is 0 Å². The lowest BCUT2D eigenvalue weighted by Gasteiger charge is -2.56. The van der Waals surface area contributed by atoms with Crippen LogP contribution in [0.15, 0.2) is 23.8 Å². The molecule has 0 aromatic rings. The van der Waals surface area contributed by atoms with Crippen LogP contribution in [-0.2, 0) is 4.79 Å². The maximum Gasteiger partial charge on any atom is 0.317 e. The van der Waals surface area contributed by atoms with Gasteiger partial charge in [-0.2, -0.15) is 0 Å². The molecular weight excluding hydrogens is 336 g/mol. The summed E-state index contributed by atoms with van der Waals surface area (Å²) in [6.45, 7) is 5.58. The first-order valence-electron chi connectivity index (χ1n) is 10.8. The second-order valence-electron chi connectivity index (χ2n) is 9.98. The maximum absolute atomic E-state index is 12.4. The second-order valence-corrected chi connectivity index (χ2v) is 9.98. The molecule has 0 aromatic heterocycles. The van der Waals surface area contributed by atoms with Crippen LogP contribution in [0, 0.1) is 34.5 Å². The number of ketones is 1. The Labute approximate surface area is 162 Å². The van der Waals surface area contributed by atoms with Crippen LogP contribution in [0.3, 0.4) is 0 Å². The number of likely N-dealkylation sites (tertiary alicyclic amines) is 1. The van der Waals surface area contributed by atoms with Crippen molar-refractivity contribution in [3.8, 4) is 0 Å². The van der Waals surface area contributed by atoms with Gasteiger partial charge in [-0.1, -0.05) is 18.6 Å². The number of nitrogens with one attached hydrogen (secondary N) is 1. The number of fused-ring (bicyclic) bond motifs is 4.